The third-order valence-corrected chi connectivity index (χ3v) is 18.0. The van der Waals surface area contributed by atoms with Gasteiger partial charge in [-0.25, -0.2) is 19.9 Å². The SMILES string of the molecule is Cc1nc2c(-c3sc(-c4sc([Si](C)(C)C)c5nc(C)c(C)nc45)c4c3OCCO4)sc([Si](C)(C)C)c2nc1C. The maximum absolute atomic E-state index is 6.37. The first-order chi connectivity index (χ1) is 18.3. The Labute approximate surface area is 243 Å². The van der Waals surface area contributed by atoms with E-state index in [2.05, 4.69) is 53.1 Å². The molecule has 0 radical (unpaired) electrons. The van der Waals surface area contributed by atoms with Crippen LogP contribution in [0.15, 0.2) is 0 Å². The van der Waals surface area contributed by atoms with Gasteiger partial charge in [0.15, 0.2) is 11.5 Å². The predicted molar refractivity (Wildman–Crippen MR) is 173 cm³/mol. The van der Waals surface area contributed by atoms with Crippen LogP contribution in [0, 0.1) is 27.7 Å². The van der Waals surface area contributed by atoms with Crippen LogP contribution in [0.4, 0.5) is 0 Å². The van der Waals surface area contributed by atoms with E-state index in [0.29, 0.717) is 13.2 Å². The highest BCUT2D eigenvalue weighted by atomic mass is 32.1. The van der Waals surface area contributed by atoms with Gasteiger partial charge < -0.3 is 9.47 Å². The van der Waals surface area contributed by atoms with Crippen LogP contribution in [0.1, 0.15) is 22.8 Å². The normalized spacial score (nSPS) is 14.1. The molecule has 0 unspecified atom stereocenters. The van der Waals surface area contributed by atoms with Crippen molar-refractivity contribution < 1.29 is 9.47 Å². The Kier molecular flexibility index (Phi) is 6.35. The summed E-state index contributed by atoms with van der Waals surface area (Å²) in [6.45, 7) is 23.6. The van der Waals surface area contributed by atoms with Gasteiger partial charge in [0, 0.05) is 9.00 Å². The number of nitrogens with zero attached hydrogens (tertiary/aromatic N) is 4. The average Bonchev–Trinajstić information content (AvgIpc) is 3.51. The number of thiophene rings is 3. The van der Waals surface area contributed by atoms with E-state index in [4.69, 9.17) is 29.4 Å². The first kappa shape index (κ1) is 27.0. The molecule has 204 valence electrons. The van der Waals surface area contributed by atoms with Gasteiger partial charge in [0.1, 0.15) is 24.2 Å². The molecule has 0 amide bonds. The standard InChI is InChI=1S/C28H34N4O2S3Si2/c1-13-15(3)31-19-17(29-13)23(36-27(19)38(5,6)7)25-21-22(34-12-11-33-21)26(35-25)24-18-20(28(37-24)39(8,9)10)32-16(4)14(2)30-18/h11-12H2,1-10H3. The lowest BCUT2D eigenvalue weighted by atomic mass is 10.2. The number of ether oxygens (including phenoxy) is 2. The molecule has 11 heteroatoms. The highest BCUT2D eigenvalue weighted by Gasteiger charge is 2.35. The second-order valence-corrected chi connectivity index (χ2v) is 26.1. The molecule has 0 aliphatic carbocycles. The molecule has 5 aromatic rings. The third kappa shape index (κ3) is 4.37. The van der Waals surface area contributed by atoms with Gasteiger partial charge in [0.05, 0.1) is 69.5 Å². The predicted octanol–water partition coefficient (Wildman–Crippen LogP) is 7.19. The fraction of sp³-hybridized carbons (Fsp3) is 0.429. The van der Waals surface area contributed by atoms with Gasteiger partial charge in [-0.3, -0.25) is 0 Å². The first-order valence-electron chi connectivity index (χ1n) is 13.2. The van der Waals surface area contributed by atoms with Crippen molar-refractivity contribution in [2.24, 2.45) is 0 Å². The molecule has 0 atom stereocenters. The van der Waals surface area contributed by atoms with E-state index in [1.807, 2.05) is 36.5 Å². The van der Waals surface area contributed by atoms with Gasteiger partial charge in [-0.2, -0.15) is 0 Å². The van der Waals surface area contributed by atoms with E-state index in [1.165, 1.54) is 9.00 Å². The van der Waals surface area contributed by atoms with E-state index >= 15 is 0 Å². The van der Waals surface area contributed by atoms with E-state index in [0.717, 1.165) is 75.9 Å². The van der Waals surface area contributed by atoms with Crippen LogP contribution in [0.5, 0.6) is 11.5 Å². The van der Waals surface area contributed by atoms with E-state index < -0.39 is 16.1 Å². The maximum Gasteiger partial charge on any atom is 0.181 e. The van der Waals surface area contributed by atoms with Gasteiger partial charge in [-0.05, 0) is 27.7 Å². The summed E-state index contributed by atoms with van der Waals surface area (Å²) in [5.41, 5.74) is 7.99. The van der Waals surface area contributed by atoms with Gasteiger partial charge in [-0.1, -0.05) is 39.3 Å². The lowest BCUT2D eigenvalue weighted by Gasteiger charge is -2.17. The minimum atomic E-state index is -1.67. The summed E-state index contributed by atoms with van der Waals surface area (Å²) < 4.78 is 15.5. The first-order valence-corrected chi connectivity index (χ1v) is 22.7. The van der Waals surface area contributed by atoms with Crippen LogP contribution >= 0.6 is 34.0 Å². The number of rotatable bonds is 4. The quantitative estimate of drug-likeness (QED) is 0.201. The second-order valence-electron chi connectivity index (χ2n) is 12.3. The molecule has 1 aliphatic rings. The highest BCUT2D eigenvalue weighted by Crippen LogP contribution is 2.57. The summed E-state index contributed by atoms with van der Waals surface area (Å²) in [4.78, 5) is 24.8. The van der Waals surface area contributed by atoms with Gasteiger partial charge >= 0.3 is 0 Å². The maximum atomic E-state index is 6.37. The Hall–Kier alpha value is -2.19. The minimum absolute atomic E-state index is 0.535. The van der Waals surface area contributed by atoms with Crippen LogP contribution in [0.2, 0.25) is 39.3 Å². The van der Waals surface area contributed by atoms with Crippen LogP contribution < -0.4 is 18.5 Å². The Morgan fingerprint density at radius 1 is 0.487 bits per heavy atom. The van der Waals surface area contributed by atoms with Gasteiger partial charge in [0.25, 0.3) is 0 Å². The monoisotopic (exact) mass is 610 g/mol. The summed E-state index contributed by atoms with van der Waals surface area (Å²) in [5, 5.41) is 0. The van der Waals surface area contributed by atoms with Crippen molar-refractivity contribution >= 4 is 81.2 Å². The molecule has 5 aromatic heterocycles. The van der Waals surface area contributed by atoms with E-state index in [1.54, 1.807) is 11.3 Å². The molecule has 0 aromatic carbocycles. The van der Waals surface area contributed by atoms with Crippen molar-refractivity contribution in [2.75, 3.05) is 13.2 Å². The number of hydrogen-bond donors (Lipinski definition) is 0. The third-order valence-electron chi connectivity index (χ3n) is 7.06. The van der Waals surface area contributed by atoms with Crippen molar-refractivity contribution in [1.82, 2.24) is 19.9 Å². The fourth-order valence-corrected chi connectivity index (χ4v) is 12.9. The molecule has 6 nitrogen and oxygen atoms in total. The Morgan fingerprint density at radius 2 is 0.821 bits per heavy atom. The average molecular weight is 611 g/mol. The summed E-state index contributed by atoms with van der Waals surface area (Å²) >= 11 is 5.43. The van der Waals surface area contributed by atoms with E-state index in [9.17, 15) is 0 Å². The zero-order valence-corrected chi connectivity index (χ0v) is 28.7. The molecule has 0 saturated heterocycles. The van der Waals surface area contributed by atoms with Gasteiger partial charge in [-0.15, -0.1) is 34.0 Å². The zero-order chi connectivity index (χ0) is 28.0. The molecule has 0 spiro atoms. The van der Waals surface area contributed by atoms with Crippen molar-refractivity contribution in [3.05, 3.63) is 22.8 Å². The molecular formula is C28H34N4O2S3Si2. The molecule has 39 heavy (non-hydrogen) atoms. The zero-order valence-electron chi connectivity index (χ0n) is 24.2. The number of aromatic nitrogens is 4. The number of aryl methyl sites for hydroxylation is 4. The van der Waals surface area contributed by atoms with Crippen LogP contribution in [-0.2, 0) is 0 Å². The summed E-state index contributed by atoms with van der Waals surface area (Å²) in [6, 6.07) is 0. The van der Waals surface area contributed by atoms with Crippen molar-refractivity contribution in [2.45, 2.75) is 67.0 Å². The number of fused-ring (bicyclic) bond motifs is 3. The molecule has 6 heterocycles. The summed E-state index contributed by atoms with van der Waals surface area (Å²) in [7, 11) is -3.34. The highest BCUT2D eigenvalue weighted by molar-refractivity contribution is 7.35. The minimum Gasteiger partial charge on any atom is -0.485 e. The largest absolute Gasteiger partial charge is 0.485 e. The van der Waals surface area contributed by atoms with Crippen molar-refractivity contribution in [3.8, 4) is 31.0 Å². The smallest absolute Gasteiger partial charge is 0.181 e. The molecule has 0 saturated carbocycles. The Balaban J connectivity index is 1.67. The van der Waals surface area contributed by atoms with Crippen molar-refractivity contribution in [3.63, 3.8) is 0 Å². The molecule has 0 bridgehead atoms. The molecule has 0 N–H and O–H groups in total. The van der Waals surface area contributed by atoms with Crippen molar-refractivity contribution in [1.29, 1.82) is 0 Å². The fourth-order valence-electron chi connectivity index (χ4n) is 4.81. The summed E-state index contributed by atoms with van der Waals surface area (Å²) in [5.74, 6) is 1.67. The Morgan fingerprint density at radius 3 is 1.15 bits per heavy atom. The lowest BCUT2D eigenvalue weighted by molar-refractivity contribution is 0.175. The molecule has 1 aliphatic heterocycles. The lowest BCUT2D eigenvalue weighted by Crippen LogP contribution is -2.36. The van der Waals surface area contributed by atoms with Crippen LogP contribution in [-0.4, -0.2) is 49.3 Å². The Bertz CT molecular complexity index is 1660. The molecule has 6 rings (SSSR count). The van der Waals surface area contributed by atoms with Crippen LogP contribution in [0.25, 0.3) is 41.6 Å². The topological polar surface area (TPSA) is 70.0 Å². The molecule has 0 fully saturated rings. The summed E-state index contributed by atoms with van der Waals surface area (Å²) in [6.07, 6.45) is 0. The number of hydrogen-bond acceptors (Lipinski definition) is 9. The van der Waals surface area contributed by atoms with E-state index in [-0.39, 0.29) is 0 Å². The molecular weight excluding hydrogens is 577 g/mol. The van der Waals surface area contributed by atoms with Gasteiger partial charge in [0.2, 0.25) is 0 Å². The van der Waals surface area contributed by atoms with Crippen LogP contribution in [0.3, 0.4) is 0 Å². The second kappa shape index (κ2) is 9.17.